The molecular formula is C20H23FN3O3S+. The van der Waals surface area contributed by atoms with Gasteiger partial charge in [0.15, 0.2) is 9.84 Å². The molecule has 0 unspecified atom stereocenters. The molecule has 0 amide bonds. The highest BCUT2D eigenvalue weighted by atomic mass is 32.2. The summed E-state index contributed by atoms with van der Waals surface area (Å²) in [5.74, 6) is 0.140. The Hall–Kier alpha value is -2.71. The zero-order valence-corrected chi connectivity index (χ0v) is 16.9. The molecule has 0 aliphatic heterocycles. The number of benzene rings is 1. The molecule has 3 N–H and O–H groups in total. The van der Waals surface area contributed by atoms with Gasteiger partial charge in [0.2, 0.25) is 5.88 Å². The van der Waals surface area contributed by atoms with Crippen LogP contribution in [0.4, 0.5) is 4.39 Å². The van der Waals surface area contributed by atoms with Crippen LogP contribution >= 0.6 is 0 Å². The standard InChI is InChI=1S/C20H22FN3O3S/c1-13-19(14-5-4-6-16(11-14)28(3,25)26)20-17(7-8-18(23-20)27-2)24(13)12-15(21)9-10-22/h4-9,11H,10,12,22H2,1-3H3/p+1/b15-9-. The lowest BCUT2D eigenvalue weighted by Crippen LogP contribution is -2.49. The smallest absolute Gasteiger partial charge is 0.213 e. The van der Waals surface area contributed by atoms with Crippen LogP contribution in [0.5, 0.6) is 5.88 Å². The second-order valence-electron chi connectivity index (χ2n) is 6.51. The van der Waals surface area contributed by atoms with Crippen molar-refractivity contribution in [2.45, 2.75) is 18.4 Å². The highest BCUT2D eigenvalue weighted by Crippen LogP contribution is 2.36. The fourth-order valence-electron chi connectivity index (χ4n) is 3.24. The van der Waals surface area contributed by atoms with Gasteiger partial charge in [-0.05, 0) is 30.7 Å². The number of ether oxygens (including phenoxy) is 1. The summed E-state index contributed by atoms with van der Waals surface area (Å²) in [7, 11) is -1.83. The maximum atomic E-state index is 14.3. The van der Waals surface area contributed by atoms with Gasteiger partial charge in [-0.3, -0.25) is 0 Å². The molecule has 0 radical (unpaired) electrons. The van der Waals surface area contributed by atoms with Crippen molar-refractivity contribution in [1.29, 1.82) is 0 Å². The predicted octanol–water partition coefficient (Wildman–Crippen LogP) is 2.52. The van der Waals surface area contributed by atoms with Crippen molar-refractivity contribution in [2.24, 2.45) is 0 Å². The second-order valence-corrected chi connectivity index (χ2v) is 8.52. The summed E-state index contributed by atoms with van der Waals surface area (Å²) in [6, 6.07) is 10.2. The van der Waals surface area contributed by atoms with Gasteiger partial charge in [-0.25, -0.2) is 17.8 Å². The molecule has 3 rings (SSSR count). The quantitative estimate of drug-likeness (QED) is 0.684. The number of aromatic nitrogens is 2. The molecule has 1 aromatic carbocycles. The maximum Gasteiger partial charge on any atom is 0.213 e. The summed E-state index contributed by atoms with van der Waals surface area (Å²) < 4.78 is 45.3. The number of quaternary nitrogens is 1. The first-order chi connectivity index (χ1) is 13.3. The van der Waals surface area contributed by atoms with E-state index in [1.54, 1.807) is 24.3 Å². The first kappa shape index (κ1) is 20.0. The number of fused-ring (bicyclic) bond motifs is 1. The number of nitrogens with zero attached hydrogens (tertiary/aromatic N) is 2. The number of pyridine rings is 1. The van der Waals surface area contributed by atoms with Gasteiger partial charge in [0.05, 0.1) is 30.6 Å². The van der Waals surface area contributed by atoms with Crippen LogP contribution < -0.4 is 10.5 Å². The molecule has 0 fully saturated rings. The number of sulfone groups is 1. The van der Waals surface area contributed by atoms with Crippen molar-refractivity contribution in [3.8, 4) is 17.0 Å². The number of allylic oxidation sites excluding steroid dienone is 1. The Morgan fingerprint density at radius 2 is 2.07 bits per heavy atom. The van der Waals surface area contributed by atoms with E-state index in [0.717, 1.165) is 16.8 Å². The first-order valence-electron chi connectivity index (χ1n) is 8.74. The molecule has 6 nitrogen and oxygen atoms in total. The largest absolute Gasteiger partial charge is 0.481 e. The van der Waals surface area contributed by atoms with Crippen molar-refractivity contribution in [2.75, 3.05) is 19.9 Å². The molecule has 2 aromatic heterocycles. The van der Waals surface area contributed by atoms with Crippen LogP contribution in [-0.4, -0.2) is 37.9 Å². The zero-order valence-electron chi connectivity index (χ0n) is 16.1. The number of methoxy groups -OCH3 is 1. The molecule has 0 spiro atoms. The van der Waals surface area contributed by atoms with Gasteiger partial charge >= 0.3 is 0 Å². The lowest BCUT2D eigenvalue weighted by atomic mass is 10.1. The summed E-state index contributed by atoms with van der Waals surface area (Å²) in [4.78, 5) is 4.77. The molecule has 0 aliphatic rings. The minimum Gasteiger partial charge on any atom is -0.481 e. The minimum atomic E-state index is -3.36. The Bertz CT molecular complexity index is 1170. The molecule has 28 heavy (non-hydrogen) atoms. The average Bonchev–Trinajstić information content (AvgIpc) is 2.92. The van der Waals surface area contributed by atoms with Crippen LogP contribution in [0.15, 0.2) is 53.2 Å². The third-order valence-corrected chi connectivity index (χ3v) is 5.69. The van der Waals surface area contributed by atoms with E-state index in [4.69, 9.17) is 4.74 Å². The molecule has 2 heterocycles. The Morgan fingerprint density at radius 3 is 2.71 bits per heavy atom. The molecule has 8 heteroatoms. The van der Waals surface area contributed by atoms with Crippen molar-refractivity contribution in [3.05, 3.63) is 54.0 Å². The van der Waals surface area contributed by atoms with Crippen LogP contribution in [0.2, 0.25) is 0 Å². The van der Waals surface area contributed by atoms with E-state index in [1.807, 2.05) is 23.6 Å². The molecule has 0 bridgehead atoms. The average molecular weight is 404 g/mol. The zero-order chi connectivity index (χ0) is 20.5. The number of hydrogen-bond donors (Lipinski definition) is 1. The van der Waals surface area contributed by atoms with Gasteiger partial charge < -0.3 is 15.0 Å². The van der Waals surface area contributed by atoms with E-state index in [1.165, 1.54) is 19.4 Å². The molecule has 0 saturated carbocycles. The van der Waals surface area contributed by atoms with E-state index in [-0.39, 0.29) is 17.3 Å². The number of rotatable bonds is 6. The van der Waals surface area contributed by atoms with Gasteiger partial charge in [0.1, 0.15) is 11.3 Å². The predicted molar refractivity (Wildman–Crippen MR) is 107 cm³/mol. The van der Waals surface area contributed by atoms with Crippen molar-refractivity contribution in [1.82, 2.24) is 9.55 Å². The van der Waals surface area contributed by atoms with Crippen LogP contribution in [0.1, 0.15) is 5.69 Å². The van der Waals surface area contributed by atoms with Crippen molar-refractivity contribution < 1.29 is 23.3 Å². The third-order valence-electron chi connectivity index (χ3n) is 4.58. The van der Waals surface area contributed by atoms with Gasteiger partial charge in [0.25, 0.3) is 0 Å². The van der Waals surface area contributed by atoms with Crippen LogP contribution in [0.25, 0.3) is 22.2 Å². The van der Waals surface area contributed by atoms with Crippen LogP contribution in [0.3, 0.4) is 0 Å². The lowest BCUT2D eigenvalue weighted by molar-refractivity contribution is -0.353. The Balaban J connectivity index is 2.30. The summed E-state index contributed by atoms with van der Waals surface area (Å²) in [5, 5.41) is 0. The number of halogens is 1. The molecule has 0 aliphatic carbocycles. The van der Waals surface area contributed by atoms with E-state index in [2.05, 4.69) is 10.7 Å². The van der Waals surface area contributed by atoms with Crippen molar-refractivity contribution >= 4 is 20.9 Å². The summed E-state index contributed by atoms with van der Waals surface area (Å²) in [5.41, 5.74) is 7.26. The van der Waals surface area contributed by atoms with E-state index in [0.29, 0.717) is 23.5 Å². The maximum absolute atomic E-state index is 14.3. The first-order valence-corrected chi connectivity index (χ1v) is 10.6. The van der Waals surface area contributed by atoms with Gasteiger partial charge in [-0.15, -0.1) is 0 Å². The van der Waals surface area contributed by atoms with E-state index < -0.39 is 9.84 Å². The van der Waals surface area contributed by atoms with Crippen molar-refractivity contribution in [3.63, 3.8) is 0 Å². The third kappa shape index (κ3) is 3.79. The Labute approximate surface area is 163 Å². The highest BCUT2D eigenvalue weighted by molar-refractivity contribution is 7.90. The SMILES string of the molecule is COc1ccc2c(n1)c(-c1cccc(S(C)(=O)=O)c1)c(C)n2C/C(F)=C/C[NH3+]. The van der Waals surface area contributed by atoms with Crippen LogP contribution in [0, 0.1) is 6.92 Å². The summed E-state index contributed by atoms with van der Waals surface area (Å²) in [6.45, 7) is 2.28. The van der Waals surface area contributed by atoms with E-state index in [9.17, 15) is 12.8 Å². The fraction of sp³-hybridized carbons (Fsp3) is 0.250. The molecule has 148 valence electrons. The van der Waals surface area contributed by atoms with Gasteiger partial charge in [-0.2, -0.15) is 0 Å². The lowest BCUT2D eigenvalue weighted by Gasteiger charge is -2.08. The fourth-order valence-corrected chi connectivity index (χ4v) is 3.91. The molecular weight excluding hydrogens is 381 g/mol. The van der Waals surface area contributed by atoms with Gasteiger partial charge in [-0.1, -0.05) is 12.1 Å². The normalized spacial score (nSPS) is 12.5. The van der Waals surface area contributed by atoms with Gasteiger partial charge in [0, 0.05) is 29.7 Å². The highest BCUT2D eigenvalue weighted by Gasteiger charge is 2.20. The Kier molecular flexibility index (Phi) is 5.53. The monoisotopic (exact) mass is 404 g/mol. The molecule has 0 saturated heterocycles. The summed E-state index contributed by atoms with van der Waals surface area (Å²) >= 11 is 0. The second kappa shape index (κ2) is 7.73. The van der Waals surface area contributed by atoms with Crippen LogP contribution in [-0.2, 0) is 16.4 Å². The molecule has 3 aromatic rings. The number of hydrogen-bond acceptors (Lipinski definition) is 4. The minimum absolute atomic E-state index is 0.0532. The topological polar surface area (TPSA) is 88.8 Å². The summed E-state index contributed by atoms with van der Waals surface area (Å²) in [6.07, 6.45) is 2.61. The Morgan fingerprint density at radius 1 is 1.32 bits per heavy atom. The van der Waals surface area contributed by atoms with E-state index >= 15 is 0 Å². The molecule has 0 atom stereocenters.